The maximum absolute atomic E-state index is 13.0. The number of hydrogen-bond donors (Lipinski definition) is 1. The van der Waals surface area contributed by atoms with E-state index in [-0.39, 0.29) is 23.8 Å². The van der Waals surface area contributed by atoms with Gasteiger partial charge in [0, 0.05) is 42.7 Å². The third-order valence-corrected chi connectivity index (χ3v) is 5.03. The lowest BCUT2D eigenvalue weighted by Crippen LogP contribution is -2.27. The molecular weight excluding hydrogens is 376 g/mol. The Morgan fingerprint density at radius 3 is 2.53 bits per heavy atom. The minimum atomic E-state index is -0.598. The van der Waals surface area contributed by atoms with Gasteiger partial charge in [-0.25, -0.2) is 4.79 Å². The van der Waals surface area contributed by atoms with Gasteiger partial charge in [-0.1, -0.05) is 54.6 Å². The molecule has 2 heterocycles. The normalized spacial score (nSPS) is 12.0. The Labute approximate surface area is 174 Å². The molecule has 0 bridgehead atoms. The van der Waals surface area contributed by atoms with Crippen LogP contribution in [0.1, 0.15) is 34.1 Å². The maximum Gasteiger partial charge on any atom is 0.347 e. The predicted octanol–water partition coefficient (Wildman–Crippen LogP) is 4.33. The van der Waals surface area contributed by atoms with E-state index in [4.69, 9.17) is 4.42 Å². The van der Waals surface area contributed by atoms with Gasteiger partial charge in [-0.05, 0) is 29.8 Å². The highest BCUT2D eigenvalue weighted by Crippen LogP contribution is 2.20. The molecule has 1 atom stereocenters. The molecule has 2 aromatic carbocycles. The van der Waals surface area contributed by atoms with Gasteiger partial charge in [-0.2, -0.15) is 0 Å². The molecule has 1 N–H and O–H groups in total. The Morgan fingerprint density at radius 1 is 0.967 bits per heavy atom. The van der Waals surface area contributed by atoms with Gasteiger partial charge in [0.2, 0.25) is 0 Å². The van der Waals surface area contributed by atoms with E-state index in [2.05, 4.69) is 10.3 Å². The van der Waals surface area contributed by atoms with Crippen molar-refractivity contribution in [2.24, 2.45) is 0 Å². The average Bonchev–Trinajstić information content (AvgIpc) is 2.79. The van der Waals surface area contributed by atoms with E-state index < -0.39 is 5.63 Å². The largest absolute Gasteiger partial charge is 0.422 e. The van der Waals surface area contributed by atoms with Gasteiger partial charge >= 0.3 is 5.63 Å². The van der Waals surface area contributed by atoms with Gasteiger partial charge in [0.1, 0.15) is 11.1 Å². The smallest absolute Gasteiger partial charge is 0.347 e. The highest BCUT2D eigenvalue weighted by Gasteiger charge is 2.20. The number of carbonyl (C=O) groups excluding carboxylic acids is 1. The predicted molar refractivity (Wildman–Crippen MR) is 117 cm³/mol. The Balaban J connectivity index is 1.53. The van der Waals surface area contributed by atoms with Gasteiger partial charge in [0.05, 0.1) is 0 Å². The van der Waals surface area contributed by atoms with E-state index in [1.807, 2.05) is 60.7 Å². The Bertz CT molecular complexity index is 1190. The van der Waals surface area contributed by atoms with E-state index >= 15 is 0 Å². The highest BCUT2D eigenvalue weighted by atomic mass is 16.4. The standard InChI is InChI=1S/C25H22N2O3/c28-23(21-16-19-10-4-5-12-24(19)30-25(21)29)17-22(18-8-2-1-3-9-18)27-15-13-20-11-6-7-14-26-20/h1-12,14,16,22,27H,13,15,17H2/t22-/m1/s1. The molecule has 0 unspecified atom stereocenters. The zero-order valence-corrected chi connectivity index (χ0v) is 16.5. The second-order valence-electron chi connectivity index (χ2n) is 7.10. The van der Waals surface area contributed by atoms with Crippen molar-refractivity contribution in [1.82, 2.24) is 10.3 Å². The number of ketones is 1. The van der Waals surface area contributed by atoms with Crippen LogP contribution in [0.4, 0.5) is 0 Å². The SMILES string of the molecule is O=C(C[C@@H](NCCc1ccccn1)c1ccccc1)c1cc2ccccc2oc1=O. The number of pyridine rings is 1. The molecule has 0 saturated carbocycles. The van der Waals surface area contributed by atoms with Crippen molar-refractivity contribution in [3.05, 3.63) is 112 Å². The van der Waals surface area contributed by atoms with Crippen LogP contribution in [0, 0.1) is 0 Å². The van der Waals surface area contributed by atoms with Crippen molar-refractivity contribution in [3.63, 3.8) is 0 Å². The number of Topliss-reactive ketones (excluding diaryl/α,β-unsaturated/α-hetero) is 1. The van der Waals surface area contributed by atoms with Gasteiger partial charge in [0.15, 0.2) is 5.78 Å². The minimum Gasteiger partial charge on any atom is -0.422 e. The second-order valence-corrected chi connectivity index (χ2v) is 7.10. The molecule has 0 fully saturated rings. The first-order valence-electron chi connectivity index (χ1n) is 9.95. The van der Waals surface area contributed by atoms with Crippen LogP contribution in [0.25, 0.3) is 11.0 Å². The molecular formula is C25H22N2O3. The molecule has 0 aliphatic carbocycles. The molecule has 4 aromatic rings. The van der Waals surface area contributed by atoms with Crippen LogP contribution in [-0.4, -0.2) is 17.3 Å². The van der Waals surface area contributed by atoms with Crippen LogP contribution in [0.15, 0.2) is 94.3 Å². The zero-order valence-electron chi connectivity index (χ0n) is 16.5. The number of nitrogens with one attached hydrogen (secondary N) is 1. The van der Waals surface area contributed by atoms with Crippen molar-refractivity contribution in [2.45, 2.75) is 18.9 Å². The molecule has 5 heteroatoms. The number of para-hydroxylation sites is 1. The third-order valence-electron chi connectivity index (χ3n) is 5.03. The lowest BCUT2D eigenvalue weighted by Gasteiger charge is -2.18. The molecule has 30 heavy (non-hydrogen) atoms. The molecule has 0 radical (unpaired) electrons. The quantitative estimate of drug-likeness (QED) is 0.353. The summed E-state index contributed by atoms with van der Waals surface area (Å²) in [5, 5.41) is 4.18. The van der Waals surface area contributed by atoms with Gasteiger partial charge in [-0.3, -0.25) is 9.78 Å². The van der Waals surface area contributed by atoms with E-state index in [9.17, 15) is 9.59 Å². The van der Waals surface area contributed by atoms with Crippen molar-refractivity contribution < 1.29 is 9.21 Å². The molecule has 0 aliphatic rings. The van der Waals surface area contributed by atoms with Crippen LogP contribution >= 0.6 is 0 Å². The summed E-state index contributed by atoms with van der Waals surface area (Å²) in [6.07, 6.45) is 2.68. The highest BCUT2D eigenvalue weighted by molar-refractivity contribution is 5.98. The first-order valence-corrected chi connectivity index (χ1v) is 9.95. The van der Waals surface area contributed by atoms with Gasteiger partial charge < -0.3 is 9.73 Å². The summed E-state index contributed by atoms with van der Waals surface area (Å²) in [4.78, 5) is 29.7. The molecule has 2 aromatic heterocycles. The van der Waals surface area contributed by atoms with Crippen LogP contribution in [-0.2, 0) is 6.42 Å². The van der Waals surface area contributed by atoms with Gasteiger partial charge in [0.25, 0.3) is 0 Å². The van der Waals surface area contributed by atoms with Crippen molar-refractivity contribution in [2.75, 3.05) is 6.54 Å². The van der Waals surface area contributed by atoms with Crippen LogP contribution in [0.2, 0.25) is 0 Å². The fraction of sp³-hybridized carbons (Fsp3) is 0.160. The summed E-state index contributed by atoms with van der Waals surface area (Å²) in [7, 11) is 0. The molecule has 150 valence electrons. The van der Waals surface area contributed by atoms with E-state index in [0.717, 1.165) is 23.1 Å². The number of rotatable bonds is 8. The fourth-order valence-electron chi connectivity index (χ4n) is 3.47. The topological polar surface area (TPSA) is 72.2 Å². The van der Waals surface area contributed by atoms with Crippen LogP contribution < -0.4 is 10.9 Å². The van der Waals surface area contributed by atoms with Gasteiger partial charge in [-0.15, -0.1) is 0 Å². The van der Waals surface area contributed by atoms with Crippen molar-refractivity contribution >= 4 is 16.8 Å². The zero-order chi connectivity index (χ0) is 20.8. The second kappa shape index (κ2) is 9.29. The molecule has 4 rings (SSSR count). The van der Waals surface area contributed by atoms with E-state index in [0.29, 0.717) is 12.1 Å². The lowest BCUT2D eigenvalue weighted by atomic mass is 9.98. The first kappa shape index (κ1) is 19.7. The number of hydrogen-bond acceptors (Lipinski definition) is 5. The minimum absolute atomic E-state index is 0.0844. The summed E-state index contributed by atoms with van der Waals surface area (Å²) in [6.45, 7) is 0.663. The first-order chi connectivity index (χ1) is 14.7. The fourth-order valence-corrected chi connectivity index (χ4v) is 3.47. The van der Waals surface area contributed by atoms with Crippen LogP contribution in [0.3, 0.4) is 0 Å². The van der Waals surface area contributed by atoms with E-state index in [1.54, 1.807) is 24.4 Å². The molecule has 5 nitrogen and oxygen atoms in total. The number of fused-ring (bicyclic) bond motifs is 1. The number of nitrogens with zero attached hydrogens (tertiary/aromatic N) is 1. The summed E-state index contributed by atoms with van der Waals surface area (Å²) in [6, 6.07) is 24.2. The lowest BCUT2D eigenvalue weighted by molar-refractivity contribution is 0.0965. The number of carbonyl (C=O) groups is 1. The molecule has 0 amide bonds. The van der Waals surface area contributed by atoms with Crippen molar-refractivity contribution in [3.8, 4) is 0 Å². The summed E-state index contributed by atoms with van der Waals surface area (Å²) < 4.78 is 5.34. The summed E-state index contributed by atoms with van der Waals surface area (Å²) in [5.74, 6) is -0.242. The summed E-state index contributed by atoms with van der Waals surface area (Å²) >= 11 is 0. The number of benzene rings is 2. The maximum atomic E-state index is 13.0. The molecule has 0 saturated heterocycles. The Kier molecular flexibility index (Phi) is 6.11. The Morgan fingerprint density at radius 2 is 1.73 bits per heavy atom. The Hall–Kier alpha value is -3.57. The van der Waals surface area contributed by atoms with Crippen LogP contribution in [0.5, 0.6) is 0 Å². The average molecular weight is 398 g/mol. The van der Waals surface area contributed by atoms with Crippen molar-refractivity contribution in [1.29, 1.82) is 0 Å². The monoisotopic (exact) mass is 398 g/mol. The number of aromatic nitrogens is 1. The molecule has 0 aliphatic heterocycles. The van der Waals surface area contributed by atoms with E-state index in [1.165, 1.54) is 0 Å². The summed E-state index contributed by atoms with van der Waals surface area (Å²) in [5.41, 5.74) is 1.95. The third kappa shape index (κ3) is 4.70. The molecule has 0 spiro atoms.